The predicted molar refractivity (Wildman–Crippen MR) is 99.7 cm³/mol. The molecule has 0 spiro atoms. The van der Waals surface area contributed by atoms with Gasteiger partial charge in [-0.25, -0.2) is 23.3 Å². The van der Waals surface area contributed by atoms with Crippen LogP contribution in [0.4, 0.5) is 14.7 Å². The molecular weight excluding hydrogens is 386 g/mol. The Morgan fingerprint density at radius 3 is 2.57 bits per heavy atom. The quantitative estimate of drug-likeness (QED) is 0.411. The maximum absolute atomic E-state index is 13.4. The number of pyridine rings is 1. The first-order chi connectivity index (χ1) is 13.6. The van der Waals surface area contributed by atoms with Gasteiger partial charge in [-0.1, -0.05) is 11.8 Å². The van der Waals surface area contributed by atoms with Gasteiger partial charge in [-0.05, 0) is 35.9 Å². The SMILES string of the molecule is O=C(CSc1ncccn1)Nc1nc2ccc(-c3cc(F)cc(F)c3)cn2n1. The molecule has 0 fully saturated rings. The maximum Gasteiger partial charge on any atom is 0.249 e. The summed E-state index contributed by atoms with van der Waals surface area (Å²) >= 11 is 1.19. The highest BCUT2D eigenvalue weighted by Gasteiger charge is 2.11. The molecule has 10 heteroatoms. The van der Waals surface area contributed by atoms with Crippen LogP contribution in [-0.4, -0.2) is 36.2 Å². The normalized spacial score (nSPS) is 10.9. The average Bonchev–Trinajstić information content (AvgIpc) is 3.07. The number of anilines is 1. The van der Waals surface area contributed by atoms with E-state index in [9.17, 15) is 13.6 Å². The summed E-state index contributed by atoms with van der Waals surface area (Å²) in [7, 11) is 0. The highest BCUT2D eigenvalue weighted by Crippen LogP contribution is 2.22. The summed E-state index contributed by atoms with van der Waals surface area (Å²) in [5, 5.41) is 7.28. The Kier molecular flexibility index (Phi) is 4.94. The molecule has 4 aromatic rings. The molecule has 0 atom stereocenters. The fourth-order valence-electron chi connectivity index (χ4n) is 2.48. The van der Waals surface area contributed by atoms with Crippen molar-refractivity contribution in [2.45, 2.75) is 5.16 Å². The number of aromatic nitrogens is 5. The molecule has 28 heavy (non-hydrogen) atoms. The molecule has 0 aliphatic rings. The summed E-state index contributed by atoms with van der Waals surface area (Å²) in [6.07, 6.45) is 4.77. The highest BCUT2D eigenvalue weighted by atomic mass is 32.2. The third-order valence-electron chi connectivity index (χ3n) is 3.65. The Morgan fingerprint density at radius 1 is 1.07 bits per heavy atom. The topological polar surface area (TPSA) is 85.1 Å². The van der Waals surface area contributed by atoms with Crippen LogP contribution in [-0.2, 0) is 4.79 Å². The first kappa shape index (κ1) is 18.0. The molecule has 7 nitrogen and oxygen atoms in total. The summed E-state index contributed by atoms with van der Waals surface area (Å²) in [4.78, 5) is 24.3. The molecular formula is C18H12F2N6OS. The van der Waals surface area contributed by atoms with E-state index in [0.29, 0.717) is 21.9 Å². The Hall–Kier alpha value is -3.40. The van der Waals surface area contributed by atoms with Gasteiger partial charge in [0.2, 0.25) is 11.9 Å². The largest absolute Gasteiger partial charge is 0.292 e. The number of carbonyl (C=O) groups excluding carboxylic acids is 1. The molecule has 0 bridgehead atoms. The van der Waals surface area contributed by atoms with Gasteiger partial charge in [0.25, 0.3) is 0 Å². The van der Waals surface area contributed by atoms with Gasteiger partial charge in [-0.2, -0.15) is 4.98 Å². The van der Waals surface area contributed by atoms with E-state index in [-0.39, 0.29) is 17.6 Å². The molecule has 1 aromatic carbocycles. The number of hydrogen-bond acceptors (Lipinski definition) is 6. The first-order valence-corrected chi connectivity index (χ1v) is 9.08. The van der Waals surface area contributed by atoms with Gasteiger partial charge in [0.1, 0.15) is 11.6 Å². The van der Waals surface area contributed by atoms with E-state index in [1.54, 1.807) is 36.8 Å². The van der Waals surface area contributed by atoms with Crippen molar-refractivity contribution in [1.29, 1.82) is 0 Å². The lowest BCUT2D eigenvalue weighted by atomic mass is 10.1. The predicted octanol–water partition coefficient (Wildman–Crippen LogP) is 3.20. The second kappa shape index (κ2) is 7.69. The number of halogens is 2. The minimum absolute atomic E-state index is 0.105. The van der Waals surface area contributed by atoms with Crippen molar-refractivity contribution in [3.8, 4) is 11.1 Å². The molecule has 0 unspecified atom stereocenters. The molecule has 0 radical (unpaired) electrons. The number of rotatable bonds is 5. The minimum atomic E-state index is -0.665. The monoisotopic (exact) mass is 398 g/mol. The van der Waals surface area contributed by atoms with E-state index in [4.69, 9.17) is 0 Å². The van der Waals surface area contributed by atoms with Gasteiger partial charge in [0.15, 0.2) is 10.8 Å². The van der Waals surface area contributed by atoms with Gasteiger partial charge in [0.05, 0.1) is 5.75 Å². The molecule has 3 heterocycles. The number of hydrogen-bond donors (Lipinski definition) is 1. The lowest BCUT2D eigenvalue weighted by Crippen LogP contribution is -2.15. The molecule has 3 aromatic heterocycles. The second-order valence-electron chi connectivity index (χ2n) is 5.68. The standard InChI is InChI=1S/C18H12F2N6OS/c19-13-6-12(7-14(20)8-13)11-2-3-15-23-17(25-26(15)9-11)24-16(27)10-28-18-21-4-1-5-22-18/h1-9H,10H2,(H,24,25,27). The fraction of sp³-hybridized carbons (Fsp3) is 0.0556. The fourth-order valence-corrected chi connectivity index (χ4v) is 3.08. The van der Waals surface area contributed by atoms with E-state index < -0.39 is 11.6 Å². The summed E-state index contributed by atoms with van der Waals surface area (Å²) in [6.45, 7) is 0. The summed E-state index contributed by atoms with van der Waals surface area (Å²) in [5.41, 5.74) is 1.42. The maximum atomic E-state index is 13.4. The zero-order valence-electron chi connectivity index (χ0n) is 14.2. The van der Waals surface area contributed by atoms with E-state index in [1.807, 2.05) is 0 Å². The number of thioether (sulfide) groups is 1. The van der Waals surface area contributed by atoms with E-state index in [0.717, 1.165) is 6.07 Å². The van der Waals surface area contributed by atoms with Crippen LogP contribution in [0.15, 0.2) is 60.1 Å². The average molecular weight is 398 g/mol. The number of amides is 1. The van der Waals surface area contributed by atoms with Crippen LogP contribution in [0.5, 0.6) is 0 Å². The lowest BCUT2D eigenvalue weighted by molar-refractivity contribution is -0.113. The van der Waals surface area contributed by atoms with Crippen LogP contribution in [0.2, 0.25) is 0 Å². The molecule has 0 saturated heterocycles. The van der Waals surface area contributed by atoms with Crippen molar-refractivity contribution >= 4 is 29.3 Å². The molecule has 1 N–H and O–H groups in total. The van der Waals surface area contributed by atoms with Crippen molar-refractivity contribution in [2.24, 2.45) is 0 Å². The summed E-state index contributed by atoms with van der Waals surface area (Å²) in [5.74, 6) is -1.40. The Bertz CT molecular complexity index is 1130. The van der Waals surface area contributed by atoms with Crippen LogP contribution in [0.25, 0.3) is 16.8 Å². The smallest absolute Gasteiger partial charge is 0.249 e. The summed E-state index contributed by atoms with van der Waals surface area (Å²) in [6, 6.07) is 8.28. The highest BCUT2D eigenvalue weighted by molar-refractivity contribution is 7.99. The summed E-state index contributed by atoms with van der Waals surface area (Å²) < 4.78 is 28.3. The molecule has 4 rings (SSSR count). The van der Waals surface area contributed by atoms with Gasteiger partial charge < -0.3 is 0 Å². The second-order valence-corrected chi connectivity index (χ2v) is 6.62. The van der Waals surface area contributed by atoms with Crippen molar-refractivity contribution in [3.05, 3.63) is 66.6 Å². The zero-order valence-corrected chi connectivity index (χ0v) is 15.0. The molecule has 1 amide bonds. The van der Waals surface area contributed by atoms with E-state index in [1.165, 1.54) is 28.4 Å². The third-order valence-corrected chi connectivity index (χ3v) is 4.53. The minimum Gasteiger partial charge on any atom is -0.292 e. The van der Waals surface area contributed by atoms with Gasteiger partial charge in [-0.3, -0.25) is 10.1 Å². The van der Waals surface area contributed by atoms with Crippen LogP contribution in [0.3, 0.4) is 0 Å². The Morgan fingerprint density at radius 2 is 1.82 bits per heavy atom. The number of carbonyl (C=O) groups is 1. The van der Waals surface area contributed by atoms with Crippen molar-refractivity contribution in [3.63, 3.8) is 0 Å². The van der Waals surface area contributed by atoms with Gasteiger partial charge in [-0.15, -0.1) is 5.10 Å². The van der Waals surface area contributed by atoms with Crippen molar-refractivity contribution in [1.82, 2.24) is 24.6 Å². The van der Waals surface area contributed by atoms with Crippen LogP contribution in [0, 0.1) is 11.6 Å². The molecule has 0 aliphatic heterocycles. The zero-order chi connectivity index (χ0) is 19.5. The number of benzene rings is 1. The Labute approximate surface area is 161 Å². The van der Waals surface area contributed by atoms with Crippen LogP contribution in [0.1, 0.15) is 0 Å². The Balaban J connectivity index is 1.49. The van der Waals surface area contributed by atoms with Crippen LogP contribution < -0.4 is 5.32 Å². The number of nitrogens with one attached hydrogen (secondary N) is 1. The first-order valence-electron chi connectivity index (χ1n) is 8.09. The lowest BCUT2D eigenvalue weighted by Gasteiger charge is -2.02. The van der Waals surface area contributed by atoms with Crippen molar-refractivity contribution < 1.29 is 13.6 Å². The van der Waals surface area contributed by atoms with E-state index in [2.05, 4.69) is 25.4 Å². The van der Waals surface area contributed by atoms with E-state index >= 15 is 0 Å². The van der Waals surface area contributed by atoms with Crippen LogP contribution >= 0.6 is 11.8 Å². The molecule has 0 saturated carbocycles. The molecule has 0 aliphatic carbocycles. The van der Waals surface area contributed by atoms with Crippen molar-refractivity contribution in [2.75, 3.05) is 11.1 Å². The third kappa shape index (κ3) is 4.12. The number of fused-ring (bicyclic) bond motifs is 1. The van der Waals surface area contributed by atoms with Gasteiger partial charge >= 0.3 is 0 Å². The molecule has 140 valence electrons. The number of nitrogens with zero attached hydrogens (tertiary/aromatic N) is 5. The van der Waals surface area contributed by atoms with Gasteiger partial charge in [0, 0.05) is 30.2 Å².